The van der Waals surface area contributed by atoms with E-state index in [0.29, 0.717) is 6.04 Å². The Morgan fingerprint density at radius 3 is 2.58 bits per heavy atom. The summed E-state index contributed by atoms with van der Waals surface area (Å²) in [6, 6.07) is 4.90. The lowest BCUT2D eigenvalue weighted by molar-refractivity contribution is 0.185. The zero-order chi connectivity index (χ0) is 18.2. The molecular weight excluding hydrogens is 342 g/mol. The van der Waals surface area contributed by atoms with Gasteiger partial charge in [-0.15, -0.1) is 11.3 Å². The molecule has 2 aliphatic heterocycles. The Balaban J connectivity index is 1.35. The summed E-state index contributed by atoms with van der Waals surface area (Å²) in [6.45, 7) is 9.35. The molecule has 0 bridgehead atoms. The Morgan fingerprint density at radius 2 is 1.96 bits per heavy atom. The number of piperidine rings is 2. The molecule has 1 aromatic rings. The van der Waals surface area contributed by atoms with Gasteiger partial charge in [0.2, 0.25) is 0 Å². The summed E-state index contributed by atoms with van der Waals surface area (Å²) in [5, 5.41) is 10.8. The Hall–Kier alpha value is -1.27. The summed E-state index contributed by atoms with van der Waals surface area (Å²) < 4.78 is 0. The van der Waals surface area contributed by atoms with Crippen LogP contribution in [0.25, 0.3) is 0 Å². The highest BCUT2D eigenvalue weighted by Crippen LogP contribution is 2.24. The number of aliphatic imine (C=N–C) groups is 1. The van der Waals surface area contributed by atoms with E-state index in [0.717, 1.165) is 31.5 Å². The van der Waals surface area contributed by atoms with Crippen LogP contribution in [0.4, 0.5) is 5.00 Å². The summed E-state index contributed by atoms with van der Waals surface area (Å²) in [5.41, 5.74) is 0. The van der Waals surface area contributed by atoms with E-state index >= 15 is 0 Å². The average Bonchev–Trinajstić information content (AvgIpc) is 3.22. The van der Waals surface area contributed by atoms with E-state index in [1.165, 1.54) is 56.7 Å². The van der Waals surface area contributed by atoms with Gasteiger partial charge in [-0.05, 0) is 75.2 Å². The van der Waals surface area contributed by atoms with Gasteiger partial charge >= 0.3 is 0 Å². The summed E-state index contributed by atoms with van der Waals surface area (Å²) >= 11 is 1.84. The highest BCUT2D eigenvalue weighted by Gasteiger charge is 2.22. The van der Waals surface area contributed by atoms with Crippen LogP contribution < -0.4 is 15.5 Å². The van der Waals surface area contributed by atoms with Crippen molar-refractivity contribution in [3.63, 3.8) is 0 Å². The SMILES string of the molecule is CCCN1CCC(CNC(=NC)NC2CCN(c3cccs3)CC2)CC1. The molecule has 0 spiro atoms. The number of anilines is 1. The minimum atomic E-state index is 0.531. The van der Waals surface area contributed by atoms with E-state index < -0.39 is 0 Å². The molecule has 2 fully saturated rings. The largest absolute Gasteiger partial charge is 0.363 e. The van der Waals surface area contributed by atoms with E-state index in [-0.39, 0.29) is 0 Å². The van der Waals surface area contributed by atoms with Gasteiger partial charge in [0.25, 0.3) is 0 Å². The molecule has 0 unspecified atom stereocenters. The maximum Gasteiger partial charge on any atom is 0.191 e. The van der Waals surface area contributed by atoms with Crippen molar-refractivity contribution in [2.45, 2.75) is 45.1 Å². The molecule has 0 saturated carbocycles. The van der Waals surface area contributed by atoms with Crippen molar-refractivity contribution < 1.29 is 0 Å². The van der Waals surface area contributed by atoms with E-state index in [1.54, 1.807) is 0 Å². The molecule has 6 heteroatoms. The van der Waals surface area contributed by atoms with E-state index in [2.05, 4.69) is 49.9 Å². The molecule has 2 N–H and O–H groups in total. The summed E-state index contributed by atoms with van der Waals surface area (Å²) in [4.78, 5) is 9.56. The molecule has 2 saturated heterocycles. The number of hydrogen-bond acceptors (Lipinski definition) is 4. The van der Waals surface area contributed by atoms with Crippen LogP contribution in [-0.4, -0.2) is 63.2 Å². The zero-order valence-electron chi connectivity index (χ0n) is 16.4. The molecular formula is C20H35N5S. The number of guanidine groups is 1. The Kier molecular flexibility index (Phi) is 7.62. The van der Waals surface area contributed by atoms with E-state index in [9.17, 15) is 0 Å². The van der Waals surface area contributed by atoms with Crippen molar-refractivity contribution in [3.05, 3.63) is 17.5 Å². The molecule has 26 heavy (non-hydrogen) atoms. The monoisotopic (exact) mass is 377 g/mol. The summed E-state index contributed by atoms with van der Waals surface area (Å²) in [6.07, 6.45) is 6.24. The standard InChI is InChI=1S/C20H35N5S/c1-3-10-24-11-6-17(7-12-24)16-22-20(21-2)23-18-8-13-25(14-9-18)19-5-4-15-26-19/h4-5,15,17-18H,3,6-14,16H2,1-2H3,(H2,21,22,23). The number of nitrogens with zero attached hydrogens (tertiary/aromatic N) is 3. The summed E-state index contributed by atoms with van der Waals surface area (Å²) in [7, 11) is 1.89. The molecule has 1 aromatic heterocycles. The second-order valence-corrected chi connectivity index (χ2v) is 8.52. The average molecular weight is 378 g/mol. The van der Waals surface area contributed by atoms with E-state index in [1.807, 2.05) is 18.4 Å². The number of thiophene rings is 1. The third-order valence-corrected chi connectivity index (χ3v) is 6.61. The van der Waals surface area contributed by atoms with Gasteiger partial charge in [0.15, 0.2) is 5.96 Å². The number of rotatable bonds is 6. The smallest absolute Gasteiger partial charge is 0.191 e. The van der Waals surface area contributed by atoms with Crippen molar-refractivity contribution in [1.82, 2.24) is 15.5 Å². The van der Waals surface area contributed by atoms with Crippen LogP contribution in [0.2, 0.25) is 0 Å². The topological polar surface area (TPSA) is 42.9 Å². The first-order valence-corrected chi connectivity index (χ1v) is 11.1. The molecule has 0 amide bonds. The maximum atomic E-state index is 4.45. The van der Waals surface area contributed by atoms with Gasteiger partial charge in [-0.25, -0.2) is 0 Å². The first-order chi connectivity index (χ1) is 12.8. The normalized spacial score (nSPS) is 21.2. The summed E-state index contributed by atoms with van der Waals surface area (Å²) in [5.74, 6) is 1.76. The van der Waals surface area contributed by atoms with Crippen LogP contribution in [-0.2, 0) is 0 Å². The first-order valence-electron chi connectivity index (χ1n) is 10.3. The van der Waals surface area contributed by atoms with Crippen molar-refractivity contribution in [2.24, 2.45) is 10.9 Å². The number of likely N-dealkylation sites (tertiary alicyclic amines) is 1. The molecule has 0 aromatic carbocycles. The molecule has 146 valence electrons. The lowest BCUT2D eigenvalue weighted by atomic mass is 9.97. The van der Waals surface area contributed by atoms with Crippen molar-refractivity contribution in [3.8, 4) is 0 Å². The molecule has 2 aliphatic rings. The fourth-order valence-electron chi connectivity index (χ4n) is 4.05. The first kappa shape index (κ1) is 19.5. The third kappa shape index (κ3) is 5.61. The minimum Gasteiger partial charge on any atom is -0.363 e. The lowest BCUT2D eigenvalue weighted by Crippen LogP contribution is -2.50. The van der Waals surface area contributed by atoms with Gasteiger partial charge in [0.1, 0.15) is 0 Å². The maximum absolute atomic E-state index is 4.45. The van der Waals surface area contributed by atoms with Crippen LogP contribution in [0.15, 0.2) is 22.5 Å². The zero-order valence-corrected chi connectivity index (χ0v) is 17.2. The predicted molar refractivity (Wildman–Crippen MR) is 114 cm³/mol. The molecule has 3 heterocycles. The molecule has 5 nitrogen and oxygen atoms in total. The molecule has 0 atom stereocenters. The van der Waals surface area contributed by atoms with Gasteiger partial charge < -0.3 is 20.4 Å². The highest BCUT2D eigenvalue weighted by atomic mass is 32.1. The van der Waals surface area contributed by atoms with Crippen LogP contribution in [0.5, 0.6) is 0 Å². The lowest BCUT2D eigenvalue weighted by Gasteiger charge is -2.34. The Bertz CT molecular complexity index is 528. The fraction of sp³-hybridized carbons (Fsp3) is 0.750. The van der Waals surface area contributed by atoms with Crippen LogP contribution in [0, 0.1) is 5.92 Å². The van der Waals surface area contributed by atoms with Crippen molar-refractivity contribution in [2.75, 3.05) is 51.2 Å². The van der Waals surface area contributed by atoms with Crippen LogP contribution >= 0.6 is 11.3 Å². The molecule has 3 rings (SSSR count). The molecule has 0 aliphatic carbocycles. The fourth-order valence-corrected chi connectivity index (χ4v) is 4.84. The van der Waals surface area contributed by atoms with Gasteiger partial charge in [0, 0.05) is 32.7 Å². The minimum absolute atomic E-state index is 0.531. The second-order valence-electron chi connectivity index (χ2n) is 7.60. The van der Waals surface area contributed by atoms with Crippen molar-refractivity contribution >= 4 is 22.3 Å². The Labute approximate surface area is 162 Å². The van der Waals surface area contributed by atoms with Gasteiger partial charge in [-0.1, -0.05) is 6.92 Å². The van der Waals surface area contributed by atoms with E-state index in [4.69, 9.17) is 0 Å². The quantitative estimate of drug-likeness (QED) is 0.591. The third-order valence-electron chi connectivity index (χ3n) is 5.68. The number of nitrogens with one attached hydrogen (secondary N) is 2. The van der Waals surface area contributed by atoms with Gasteiger partial charge in [-0.3, -0.25) is 4.99 Å². The Morgan fingerprint density at radius 1 is 1.19 bits per heavy atom. The van der Waals surface area contributed by atoms with Gasteiger partial charge in [-0.2, -0.15) is 0 Å². The second kappa shape index (κ2) is 10.2. The number of hydrogen-bond donors (Lipinski definition) is 2. The van der Waals surface area contributed by atoms with Gasteiger partial charge in [0.05, 0.1) is 5.00 Å². The molecule has 0 radical (unpaired) electrons. The van der Waals surface area contributed by atoms with Crippen LogP contribution in [0.1, 0.15) is 39.0 Å². The predicted octanol–water partition coefficient (Wildman–Crippen LogP) is 3.00. The van der Waals surface area contributed by atoms with Crippen molar-refractivity contribution in [1.29, 1.82) is 0 Å². The van der Waals surface area contributed by atoms with Crippen LogP contribution in [0.3, 0.4) is 0 Å². The highest BCUT2D eigenvalue weighted by molar-refractivity contribution is 7.14.